The van der Waals surface area contributed by atoms with Crippen LogP contribution < -0.4 is 0 Å². The van der Waals surface area contributed by atoms with Crippen molar-refractivity contribution in [2.24, 2.45) is 11.3 Å². The number of rotatable bonds is 12. The lowest BCUT2D eigenvalue weighted by atomic mass is 9.80. The largest absolute Gasteiger partial charge is 0.392 e. The first kappa shape index (κ1) is 21.4. The normalized spacial score (nSPS) is 23.0. The number of aliphatic hydroxyl groups excluding tert-OH is 2. The predicted octanol–water partition coefficient (Wildman–Crippen LogP) is 5.79. The highest BCUT2D eigenvalue weighted by Crippen LogP contribution is 2.33. The van der Waals surface area contributed by atoms with Gasteiger partial charge in [-0.25, -0.2) is 0 Å². The summed E-state index contributed by atoms with van der Waals surface area (Å²) in [5.74, 6) is 0.104. The second-order valence-corrected chi connectivity index (χ2v) is 8.19. The summed E-state index contributed by atoms with van der Waals surface area (Å²) in [4.78, 5) is 0. The molecule has 1 rings (SSSR count). The second kappa shape index (κ2) is 11.1. The van der Waals surface area contributed by atoms with Crippen molar-refractivity contribution >= 4 is 0 Å². The molecule has 140 valence electrons. The third-order valence-electron chi connectivity index (χ3n) is 5.51. The van der Waals surface area contributed by atoms with E-state index in [9.17, 15) is 10.2 Å². The molecular formula is C22H40O2. The number of unbranched alkanes of at least 4 members (excludes halogenated alkanes) is 5. The highest BCUT2D eigenvalue weighted by Gasteiger charge is 2.28. The van der Waals surface area contributed by atoms with E-state index < -0.39 is 6.10 Å². The zero-order chi connectivity index (χ0) is 18.0. The molecular weight excluding hydrogens is 296 g/mol. The summed E-state index contributed by atoms with van der Waals surface area (Å²) >= 11 is 0. The molecule has 0 saturated heterocycles. The van der Waals surface area contributed by atoms with Gasteiger partial charge in [0.15, 0.2) is 0 Å². The van der Waals surface area contributed by atoms with Crippen molar-refractivity contribution < 1.29 is 10.2 Å². The second-order valence-electron chi connectivity index (χ2n) is 8.19. The van der Waals surface area contributed by atoms with Gasteiger partial charge in [-0.3, -0.25) is 0 Å². The third-order valence-corrected chi connectivity index (χ3v) is 5.51. The lowest BCUT2D eigenvalue weighted by Crippen LogP contribution is -2.28. The highest BCUT2D eigenvalue weighted by atomic mass is 16.3. The molecule has 0 aromatic heterocycles. The van der Waals surface area contributed by atoms with Crippen LogP contribution in [-0.2, 0) is 0 Å². The Morgan fingerprint density at radius 1 is 1.12 bits per heavy atom. The van der Waals surface area contributed by atoms with E-state index in [2.05, 4.69) is 39.8 Å². The topological polar surface area (TPSA) is 40.5 Å². The molecule has 0 amide bonds. The zero-order valence-electron chi connectivity index (χ0n) is 16.4. The van der Waals surface area contributed by atoms with E-state index in [1.165, 1.54) is 37.7 Å². The van der Waals surface area contributed by atoms with Gasteiger partial charge in [0.25, 0.3) is 0 Å². The summed E-state index contributed by atoms with van der Waals surface area (Å²) in [5, 5.41) is 20.8. The van der Waals surface area contributed by atoms with Gasteiger partial charge >= 0.3 is 0 Å². The summed E-state index contributed by atoms with van der Waals surface area (Å²) in [6.45, 7) is 8.69. The van der Waals surface area contributed by atoms with E-state index in [4.69, 9.17) is 0 Å². The molecule has 24 heavy (non-hydrogen) atoms. The van der Waals surface area contributed by atoms with Gasteiger partial charge in [-0.2, -0.15) is 0 Å². The maximum absolute atomic E-state index is 10.5. The minimum atomic E-state index is -0.442. The van der Waals surface area contributed by atoms with Crippen LogP contribution in [0.2, 0.25) is 0 Å². The standard InChI is InChI=1S/C22H40O2/c1-5-7-9-10-11-12-18-13-15-20(23)19(18)14-16-21(24)22(3,4)17-8-6-2/h13-14,16,19-21,23-24H,5-12,15,17H2,1-4H3/t19-,20-,21-/m1/s1. The molecule has 0 heterocycles. The van der Waals surface area contributed by atoms with Crippen LogP contribution in [0.4, 0.5) is 0 Å². The Hall–Kier alpha value is -0.600. The van der Waals surface area contributed by atoms with E-state index in [1.54, 1.807) is 0 Å². The lowest BCUT2D eigenvalue weighted by Gasteiger charge is -2.29. The molecule has 2 N–H and O–H groups in total. The fourth-order valence-corrected chi connectivity index (χ4v) is 3.52. The van der Waals surface area contributed by atoms with Gasteiger partial charge in [-0.05, 0) is 31.1 Å². The van der Waals surface area contributed by atoms with Crippen LogP contribution in [0.1, 0.15) is 91.9 Å². The molecule has 0 bridgehead atoms. The van der Waals surface area contributed by atoms with Crippen molar-refractivity contribution in [1.82, 2.24) is 0 Å². The first-order chi connectivity index (χ1) is 11.4. The van der Waals surface area contributed by atoms with Crippen LogP contribution in [-0.4, -0.2) is 22.4 Å². The van der Waals surface area contributed by atoms with Gasteiger partial charge in [0.05, 0.1) is 12.2 Å². The number of hydrogen-bond acceptors (Lipinski definition) is 2. The van der Waals surface area contributed by atoms with Crippen molar-refractivity contribution in [3.05, 3.63) is 23.8 Å². The Kier molecular flexibility index (Phi) is 9.92. The maximum atomic E-state index is 10.5. The fourth-order valence-electron chi connectivity index (χ4n) is 3.52. The molecule has 1 aliphatic rings. The van der Waals surface area contributed by atoms with Gasteiger partial charge in [-0.1, -0.05) is 90.0 Å². The molecule has 0 aromatic rings. The molecule has 0 unspecified atom stereocenters. The van der Waals surface area contributed by atoms with Crippen LogP contribution >= 0.6 is 0 Å². The molecule has 0 aromatic carbocycles. The van der Waals surface area contributed by atoms with E-state index in [-0.39, 0.29) is 17.4 Å². The van der Waals surface area contributed by atoms with E-state index in [0.29, 0.717) is 0 Å². The Balaban J connectivity index is 2.51. The lowest BCUT2D eigenvalue weighted by molar-refractivity contribution is 0.0804. The molecule has 0 aliphatic heterocycles. The van der Waals surface area contributed by atoms with E-state index >= 15 is 0 Å². The number of hydrogen-bond donors (Lipinski definition) is 2. The Morgan fingerprint density at radius 3 is 2.46 bits per heavy atom. The average molecular weight is 337 g/mol. The van der Waals surface area contributed by atoms with Crippen LogP contribution in [0.5, 0.6) is 0 Å². The number of aliphatic hydroxyl groups is 2. The molecule has 3 atom stereocenters. The SMILES string of the molecule is CCCCCCCC1=CC[C@@H](O)[C@@H]1C=C[C@@H](O)C(C)(C)CCCC. The molecule has 1 aliphatic carbocycles. The van der Waals surface area contributed by atoms with Crippen molar-refractivity contribution in [2.75, 3.05) is 0 Å². The van der Waals surface area contributed by atoms with Crippen molar-refractivity contribution in [1.29, 1.82) is 0 Å². The first-order valence-electron chi connectivity index (χ1n) is 10.2. The zero-order valence-corrected chi connectivity index (χ0v) is 16.4. The van der Waals surface area contributed by atoms with Gasteiger partial charge in [0.2, 0.25) is 0 Å². The van der Waals surface area contributed by atoms with Gasteiger partial charge in [0, 0.05) is 5.92 Å². The molecule has 0 saturated carbocycles. The summed E-state index contributed by atoms with van der Waals surface area (Å²) in [5.41, 5.74) is 1.27. The van der Waals surface area contributed by atoms with Gasteiger partial charge < -0.3 is 10.2 Å². The molecule has 2 heteroatoms. The maximum Gasteiger partial charge on any atom is 0.0772 e. The minimum Gasteiger partial charge on any atom is -0.392 e. The average Bonchev–Trinajstić information content (AvgIpc) is 2.90. The summed E-state index contributed by atoms with van der Waals surface area (Å²) < 4.78 is 0. The quantitative estimate of drug-likeness (QED) is 0.350. The third kappa shape index (κ3) is 7.11. The van der Waals surface area contributed by atoms with Crippen LogP contribution in [0.3, 0.4) is 0 Å². The summed E-state index contributed by atoms with van der Waals surface area (Å²) in [7, 11) is 0. The van der Waals surface area contributed by atoms with Crippen LogP contribution in [0, 0.1) is 11.3 Å². The molecule has 2 nitrogen and oxygen atoms in total. The fraction of sp³-hybridized carbons (Fsp3) is 0.818. The Labute approximate surface area is 150 Å². The van der Waals surface area contributed by atoms with E-state index in [1.807, 2.05) is 6.08 Å². The molecule has 0 radical (unpaired) electrons. The van der Waals surface area contributed by atoms with E-state index in [0.717, 1.165) is 32.1 Å². The Bertz CT molecular complexity index is 395. The molecule has 0 fully saturated rings. The summed E-state index contributed by atoms with van der Waals surface area (Å²) in [6.07, 6.45) is 17.1. The van der Waals surface area contributed by atoms with Gasteiger partial charge in [-0.15, -0.1) is 0 Å². The van der Waals surface area contributed by atoms with Gasteiger partial charge in [0.1, 0.15) is 0 Å². The summed E-state index contributed by atoms with van der Waals surface area (Å²) in [6, 6.07) is 0. The van der Waals surface area contributed by atoms with Crippen molar-refractivity contribution in [3.8, 4) is 0 Å². The van der Waals surface area contributed by atoms with Crippen molar-refractivity contribution in [3.63, 3.8) is 0 Å². The minimum absolute atomic E-state index is 0.0971. The molecule has 0 spiro atoms. The van der Waals surface area contributed by atoms with Crippen LogP contribution in [0.15, 0.2) is 23.8 Å². The Morgan fingerprint density at radius 2 is 1.79 bits per heavy atom. The first-order valence-corrected chi connectivity index (χ1v) is 10.2. The predicted molar refractivity (Wildman–Crippen MR) is 104 cm³/mol. The van der Waals surface area contributed by atoms with Crippen molar-refractivity contribution in [2.45, 2.75) is 104 Å². The monoisotopic (exact) mass is 336 g/mol. The highest BCUT2D eigenvalue weighted by molar-refractivity contribution is 5.22. The smallest absolute Gasteiger partial charge is 0.0772 e. The van der Waals surface area contributed by atoms with Crippen LogP contribution in [0.25, 0.3) is 0 Å².